The fourth-order valence-electron chi connectivity index (χ4n) is 1.85. The largest absolute Gasteiger partial charge is 0.481 e. The summed E-state index contributed by atoms with van der Waals surface area (Å²) in [4.78, 5) is 12.8. The molecule has 2 atom stereocenters. The van der Waals surface area contributed by atoms with Gasteiger partial charge in [0.15, 0.2) is 0 Å². The summed E-state index contributed by atoms with van der Waals surface area (Å²) >= 11 is 0. The first-order chi connectivity index (χ1) is 6.63. The molecular formula is C10H19NO3. The Labute approximate surface area is 84.5 Å². The second kappa shape index (κ2) is 5.32. The summed E-state index contributed by atoms with van der Waals surface area (Å²) in [6.45, 7) is 4.05. The van der Waals surface area contributed by atoms with Crippen LogP contribution in [0.15, 0.2) is 0 Å². The third-order valence-corrected chi connectivity index (χ3v) is 2.79. The van der Waals surface area contributed by atoms with Gasteiger partial charge in [0.25, 0.3) is 0 Å². The molecule has 0 amide bonds. The van der Waals surface area contributed by atoms with E-state index in [4.69, 9.17) is 5.11 Å². The van der Waals surface area contributed by atoms with Gasteiger partial charge in [-0.2, -0.15) is 0 Å². The number of carboxylic acid groups (broad SMARTS) is 1. The lowest BCUT2D eigenvalue weighted by atomic mass is 9.98. The minimum Gasteiger partial charge on any atom is -0.481 e. The highest BCUT2D eigenvalue weighted by atomic mass is 16.4. The molecule has 82 valence electrons. The molecular weight excluding hydrogens is 182 g/mol. The topological polar surface area (TPSA) is 60.8 Å². The zero-order chi connectivity index (χ0) is 10.6. The van der Waals surface area contributed by atoms with Crippen LogP contribution in [-0.4, -0.2) is 46.8 Å². The van der Waals surface area contributed by atoms with Gasteiger partial charge < -0.3 is 10.2 Å². The first kappa shape index (κ1) is 11.5. The van der Waals surface area contributed by atoms with Gasteiger partial charge in [0.2, 0.25) is 0 Å². The molecule has 0 aromatic carbocycles. The van der Waals surface area contributed by atoms with E-state index >= 15 is 0 Å². The number of aliphatic hydroxyl groups is 1. The van der Waals surface area contributed by atoms with Crippen LogP contribution >= 0.6 is 0 Å². The van der Waals surface area contributed by atoms with Gasteiger partial charge in [0.1, 0.15) is 0 Å². The van der Waals surface area contributed by atoms with Crippen molar-refractivity contribution in [2.24, 2.45) is 5.92 Å². The molecule has 4 nitrogen and oxygen atoms in total. The third kappa shape index (κ3) is 3.27. The maximum atomic E-state index is 10.8. The monoisotopic (exact) mass is 201 g/mol. The number of hydrogen-bond acceptors (Lipinski definition) is 3. The number of likely N-dealkylation sites (tertiary alicyclic amines) is 1. The van der Waals surface area contributed by atoms with E-state index in [2.05, 4.69) is 4.90 Å². The van der Waals surface area contributed by atoms with Crippen molar-refractivity contribution in [2.75, 3.05) is 19.6 Å². The number of rotatable bonds is 4. The fourth-order valence-corrected chi connectivity index (χ4v) is 1.85. The zero-order valence-electron chi connectivity index (χ0n) is 8.65. The van der Waals surface area contributed by atoms with E-state index in [9.17, 15) is 9.90 Å². The summed E-state index contributed by atoms with van der Waals surface area (Å²) < 4.78 is 0. The minimum absolute atomic E-state index is 0.243. The van der Waals surface area contributed by atoms with Gasteiger partial charge in [-0.05, 0) is 25.8 Å². The van der Waals surface area contributed by atoms with Crippen molar-refractivity contribution in [3.63, 3.8) is 0 Å². The highest BCUT2D eigenvalue weighted by Gasteiger charge is 2.25. The van der Waals surface area contributed by atoms with E-state index in [0.717, 1.165) is 25.8 Å². The second-order valence-electron chi connectivity index (χ2n) is 4.00. The Hall–Kier alpha value is -0.610. The lowest BCUT2D eigenvalue weighted by molar-refractivity contribution is -0.143. The molecule has 1 heterocycles. The predicted octanol–water partition coefficient (Wildman–Crippen LogP) is 0.554. The van der Waals surface area contributed by atoms with Crippen molar-refractivity contribution < 1.29 is 15.0 Å². The van der Waals surface area contributed by atoms with Crippen LogP contribution in [-0.2, 0) is 4.79 Å². The maximum Gasteiger partial charge on any atom is 0.307 e. The Morgan fingerprint density at radius 3 is 2.93 bits per heavy atom. The molecule has 0 aliphatic carbocycles. The number of aliphatic hydroxyl groups excluding tert-OH is 1. The van der Waals surface area contributed by atoms with Crippen LogP contribution in [0.1, 0.15) is 26.2 Å². The summed E-state index contributed by atoms with van der Waals surface area (Å²) in [5.41, 5.74) is 0. The average molecular weight is 201 g/mol. The molecule has 0 spiro atoms. The van der Waals surface area contributed by atoms with Crippen molar-refractivity contribution in [3.8, 4) is 0 Å². The summed E-state index contributed by atoms with van der Waals surface area (Å²) in [5, 5.41) is 18.3. The van der Waals surface area contributed by atoms with E-state index in [1.165, 1.54) is 0 Å². The van der Waals surface area contributed by atoms with Crippen LogP contribution in [0.5, 0.6) is 0 Å². The molecule has 0 bridgehead atoms. The molecule has 14 heavy (non-hydrogen) atoms. The van der Waals surface area contributed by atoms with E-state index in [-0.39, 0.29) is 12.0 Å². The molecule has 0 aromatic heterocycles. The third-order valence-electron chi connectivity index (χ3n) is 2.79. The number of hydrogen-bond donors (Lipinski definition) is 2. The Balaban J connectivity index is 2.36. The van der Waals surface area contributed by atoms with Gasteiger partial charge in [-0.1, -0.05) is 6.92 Å². The van der Waals surface area contributed by atoms with Gasteiger partial charge in [0.05, 0.1) is 12.0 Å². The highest BCUT2D eigenvalue weighted by molar-refractivity contribution is 5.70. The number of aliphatic carboxylic acids is 1. The van der Waals surface area contributed by atoms with Crippen molar-refractivity contribution in [1.82, 2.24) is 4.90 Å². The molecule has 4 heteroatoms. The number of carbonyl (C=O) groups is 1. The maximum absolute atomic E-state index is 10.8. The van der Waals surface area contributed by atoms with Crippen LogP contribution in [0.25, 0.3) is 0 Å². The number of β-amino-alcohol motifs (C(OH)–C–C–N with tert-alkyl or cyclic N) is 1. The van der Waals surface area contributed by atoms with Crippen molar-refractivity contribution in [2.45, 2.75) is 32.3 Å². The Kier molecular flexibility index (Phi) is 4.35. The predicted molar refractivity (Wildman–Crippen MR) is 53.1 cm³/mol. The molecule has 0 saturated carbocycles. The lowest BCUT2D eigenvalue weighted by Gasteiger charge is -2.31. The summed E-state index contributed by atoms with van der Waals surface area (Å²) in [6.07, 6.45) is 2.11. The lowest BCUT2D eigenvalue weighted by Crippen LogP contribution is -2.42. The molecule has 0 aromatic rings. The smallest absolute Gasteiger partial charge is 0.307 e. The summed E-state index contributed by atoms with van der Waals surface area (Å²) in [6, 6.07) is 0. The Morgan fingerprint density at radius 2 is 2.36 bits per heavy atom. The standard InChI is InChI=1S/C10H19NO3/c1-2-9(12)7-11-5-3-4-8(6-11)10(13)14/h8-9,12H,2-7H2,1H3,(H,13,14). The molecule has 0 radical (unpaired) electrons. The van der Waals surface area contributed by atoms with Gasteiger partial charge in [-0.15, -0.1) is 0 Å². The Morgan fingerprint density at radius 1 is 1.64 bits per heavy atom. The molecule has 1 saturated heterocycles. The Bertz CT molecular complexity index is 196. The van der Waals surface area contributed by atoms with E-state index in [1.807, 2.05) is 6.92 Å². The number of carboxylic acids is 1. The molecule has 1 aliphatic rings. The van der Waals surface area contributed by atoms with Crippen molar-refractivity contribution >= 4 is 5.97 Å². The first-order valence-corrected chi connectivity index (χ1v) is 5.26. The second-order valence-corrected chi connectivity index (χ2v) is 4.00. The van der Waals surface area contributed by atoms with Crippen LogP contribution < -0.4 is 0 Å². The van der Waals surface area contributed by atoms with Crippen LogP contribution in [0.4, 0.5) is 0 Å². The quantitative estimate of drug-likeness (QED) is 0.697. The fraction of sp³-hybridized carbons (Fsp3) is 0.900. The first-order valence-electron chi connectivity index (χ1n) is 5.26. The summed E-state index contributed by atoms with van der Waals surface area (Å²) in [5.74, 6) is -0.950. The van der Waals surface area contributed by atoms with Crippen LogP contribution in [0.3, 0.4) is 0 Å². The minimum atomic E-state index is -0.708. The molecule has 1 rings (SSSR count). The molecule has 1 aliphatic heterocycles. The van der Waals surface area contributed by atoms with Crippen molar-refractivity contribution in [1.29, 1.82) is 0 Å². The van der Waals surface area contributed by atoms with Gasteiger partial charge >= 0.3 is 5.97 Å². The SMILES string of the molecule is CCC(O)CN1CCCC(C(=O)O)C1. The summed E-state index contributed by atoms with van der Waals surface area (Å²) in [7, 11) is 0. The number of piperidine rings is 1. The van der Waals surface area contributed by atoms with Crippen LogP contribution in [0, 0.1) is 5.92 Å². The van der Waals surface area contributed by atoms with E-state index < -0.39 is 5.97 Å². The molecule has 2 N–H and O–H groups in total. The van der Waals surface area contributed by atoms with Crippen LogP contribution in [0.2, 0.25) is 0 Å². The average Bonchev–Trinajstić information content (AvgIpc) is 2.18. The zero-order valence-corrected chi connectivity index (χ0v) is 8.65. The van der Waals surface area contributed by atoms with E-state index in [1.54, 1.807) is 0 Å². The van der Waals surface area contributed by atoms with Crippen molar-refractivity contribution in [3.05, 3.63) is 0 Å². The van der Waals surface area contributed by atoms with E-state index in [0.29, 0.717) is 13.1 Å². The van der Waals surface area contributed by atoms with Gasteiger partial charge in [-0.3, -0.25) is 9.69 Å². The number of nitrogens with zero attached hydrogens (tertiary/aromatic N) is 1. The van der Waals surface area contributed by atoms with Gasteiger partial charge in [0, 0.05) is 13.1 Å². The normalized spacial score (nSPS) is 26.0. The molecule has 2 unspecified atom stereocenters. The molecule has 1 fully saturated rings. The van der Waals surface area contributed by atoms with Gasteiger partial charge in [-0.25, -0.2) is 0 Å². The highest BCUT2D eigenvalue weighted by Crippen LogP contribution is 2.16.